The Balaban J connectivity index is 1.50. The van der Waals surface area contributed by atoms with Crippen LogP contribution in [0.4, 0.5) is 0 Å². The second-order valence-electron chi connectivity index (χ2n) is 8.52. The fraction of sp³-hybridized carbons (Fsp3) is 0.458. The molecule has 0 bridgehead atoms. The minimum Gasteiger partial charge on any atom is -0.352 e. The molecule has 2 amide bonds. The van der Waals surface area contributed by atoms with Gasteiger partial charge in [0.05, 0.1) is 6.54 Å². The second kappa shape index (κ2) is 10.7. The molecular weight excluding hydrogens is 436 g/mol. The molecule has 3 aromatic rings. The Labute approximate surface area is 198 Å². The predicted molar refractivity (Wildman–Crippen MR) is 127 cm³/mol. The van der Waals surface area contributed by atoms with Crippen LogP contribution in [0.1, 0.15) is 49.5 Å². The normalized spacial score (nSPS) is 14.8. The van der Waals surface area contributed by atoms with Crippen molar-refractivity contribution in [3.63, 3.8) is 0 Å². The van der Waals surface area contributed by atoms with E-state index in [0.717, 1.165) is 41.7 Å². The molecule has 1 atom stereocenters. The van der Waals surface area contributed by atoms with Crippen molar-refractivity contribution in [3.8, 4) is 11.4 Å². The van der Waals surface area contributed by atoms with Gasteiger partial charge in [-0.05, 0) is 42.8 Å². The number of aromatic nitrogens is 4. The zero-order valence-corrected chi connectivity index (χ0v) is 19.9. The summed E-state index contributed by atoms with van der Waals surface area (Å²) in [5, 5.41) is 17.7. The molecule has 1 saturated carbocycles. The third-order valence-electron chi connectivity index (χ3n) is 6.03. The Kier molecular flexibility index (Phi) is 7.49. The molecule has 1 N–H and O–H groups in total. The molecular formula is C24H30N6O2S. The number of rotatable bonds is 9. The summed E-state index contributed by atoms with van der Waals surface area (Å²) < 4.78 is 0. The van der Waals surface area contributed by atoms with E-state index in [-0.39, 0.29) is 24.4 Å². The number of nitrogens with zero attached hydrogens (tertiary/aromatic N) is 5. The largest absolute Gasteiger partial charge is 0.352 e. The molecule has 2 heterocycles. The molecule has 4 rings (SSSR count). The highest BCUT2D eigenvalue weighted by molar-refractivity contribution is 7.09. The molecule has 33 heavy (non-hydrogen) atoms. The average Bonchev–Trinajstić information content (AvgIpc) is 3.57. The van der Waals surface area contributed by atoms with Gasteiger partial charge in [-0.1, -0.05) is 55.7 Å². The molecule has 0 aliphatic heterocycles. The Bertz CT molecular complexity index is 1060. The summed E-state index contributed by atoms with van der Waals surface area (Å²) in [5.41, 5.74) is 1.99. The van der Waals surface area contributed by atoms with Crippen molar-refractivity contribution in [3.05, 3.63) is 52.2 Å². The van der Waals surface area contributed by atoms with Gasteiger partial charge in [-0.2, -0.15) is 4.80 Å². The number of hydrogen-bond donors (Lipinski definition) is 1. The minimum absolute atomic E-state index is 0.0720. The maximum Gasteiger partial charge on any atom is 0.247 e. The van der Waals surface area contributed by atoms with Gasteiger partial charge >= 0.3 is 0 Å². The lowest BCUT2D eigenvalue weighted by Gasteiger charge is -2.30. The van der Waals surface area contributed by atoms with Crippen molar-refractivity contribution < 1.29 is 9.59 Å². The summed E-state index contributed by atoms with van der Waals surface area (Å²) >= 11 is 1.57. The van der Waals surface area contributed by atoms with Crippen molar-refractivity contribution >= 4 is 23.2 Å². The van der Waals surface area contributed by atoms with E-state index in [2.05, 4.69) is 20.7 Å². The van der Waals surface area contributed by atoms with Gasteiger partial charge in [0.25, 0.3) is 0 Å². The summed E-state index contributed by atoms with van der Waals surface area (Å²) in [5.74, 6) is 0.185. The Hall–Kier alpha value is -3.07. The van der Waals surface area contributed by atoms with E-state index in [9.17, 15) is 9.59 Å². The maximum absolute atomic E-state index is 13.4. The van der Waals surface area contributed by atoms with Crippen LogP contribution < -0.4 is 5.32 Å². The lowest BCUT2D eigenvalue weighted by Crippen LogP contribution is -2.51. The smallest absolute Gasteiger partial charge is 0.247 e. The van der Waals surface area contributed by atoms with E-state index >= 15 is 0 Å². The monoisotopic (exact) mass is 466 g/mol. The maximum atomic E-state index is 13.4. The fourth-order valence-corrected chi connectivity index (χ4v) is 4.90. The van der Waals surface area contributed by atoms with E-state index in [1.165, 1.54) is 4.80 Å². The standard InChI is InChI=1S/C24H30N6O2S/c1-3-21(24(32)25-19-7-4-5-8-19)29(15-20-9-6-14-33-20)22(31)16-30-27-23(26-28-30)18-12-10-17(2)11-13-18/h6,9-14,19,21H,3-5,7-8,15-16H2,1-2H3,(H,25,32)/t21-/m1/s1. The van der Waals surface area contributed by atoms with Crippen molar-refractivity contribution in [2.45, 2.75) is 71.1 Å². The van der Waals surface area contributed by atoms with Crippen LogP contribution in [0.3, 0.4) is 0 Å². The molecule has 0 saturated heterocycles. The Morgan fingerprint density at radius 1 is 1.21 bits per heavy atom. The summed E-state index contributed by atoms with van der Waals surface area (Å²) in [6, 6.07) is 11.4. The van der Waals surface area contributed by atoms with Gasteiger partial charge in [-0.15, -0.1) is 21.5 Å². The van der Waals surface area contributed by atoms with Crippen LogP contribution in [0.25, 0.3) is 11.4 Å². The second-order valence-corrected chi connectivity index (χ2v) is 9.56. The molecule has 0 radical (unpaired) electrons. The number of carbonyl (C=O) groups is 2. The van der Waals surface area contributed by atoms with Gasteiger partial charge in [0.15, 0.2) is 0 Å². The zero-order chi connectivity index (χ0) is 23.2. The molecule has 174 valence electrons. The topological polar surface area (TPSA) is 93.0 Å². The van der Waals surface area contributed by atoms with E-state index in [4.69, 9.17) is 0 Å². The van der Waals surface area contributed by atoms with Crippen LogP contribution in [0, 0.1) is 6.92 Å². The number of tetrazole rings is 1. The first-order valence-electron chi connectivity index (χ1n) is 11.5. The van der Waals surface area contributed by atoms with Crippen molar-refractivity contribution in [2.75, 3.05) is 0 Å². The van der Waals surface area contributed by atoms with Crippen LogP contribution in [-0.2, 0) is 22.7 Å². The van der Waals surface area contributed by atoms with Gasteiger partial charge in [0.2, 0.25) is 17.6 Å². The van der Waals surface area contributed by atoms with Crippen molar-refractivity contribution in [2.24, 2.45) is 0 Å². The molecule has 2 aromatic heterocycles. The molecule has 0 spiro atoms. The SMILES string of the molecule is CC[C@H](C(=O)NC1CCCC1)N(Cc1cccs1)C(=O)Cn1nnc(-c2ccc(C)cc2)n1. The number of nitrogens with one attached hydrogen (secondary N) is 1. The number of amides is 2. The van der Waals surface area contributed by atoms with Crippen LogP contribution in [0.2, 0.25) is 0 Å². The quantitative estimate of drug-likeness (QED) is 0.520. The molecule has 1 aliphatic rings. The van der Waals surface area contributed by atoms with Crippen LogP contribution >= 0.6 is 11.3 Å². The fourth-order valence-electron chi connectivity index (χ4n) is 4.20. The summed E-state index contributed by atoms with van der Waals surface area (Å²) in [7, 11) is 0. The first-order chi connectivity index (χ1) is 16.0. The number of thiophene rings is 1. The molecule has 8 nitrogen and oxygen atoms in total. The summed E-state index contributed by atoms with van der Waals surface area (Å²) in [6.07, 6.45) is 4.83. The van der Waals surface area contributed by atoms with Gasteiger partial charge < -0.3 is 10.2 Å². The third-order valence-corrected chi connectivity index (χ3v) is 6.89. The van der Waals surface area contributed by atoms with Gasteiger partial charge in [-0.3, -0.25) is 9.59 Å². The van der Waals surface area contributed by atoms with Crippen molar-refractivity contribution in [1.82, 2.24) is 30.4 Å². The third kappa shape index (κ3) is 5.84. The van der Waals surface area contributed by atoms with Crippen molar-refractivity contribution in [1.29, 1.82) is 0 Å². The predicted octanol–water partition coefficient (Wildman–Crippen LogP) is 3.58. The molecule has 1 aliphatic carbocycles. The van der Waals surface area contributed by atoms with E-state index in [1.54, 1.807) is 16.2 Å². The van der Waals surface area contributed by atoms with E-state index in [1.807, 2.05) is 55.6 Å². The highest BCUT2D eigenvalue weighted by Crippen LogP contribution is 2.20. The van der Waals surface area contributed by atoms with Crippen LogP contribution in [0.15, 0.2) is 41.8 Å². The minimum atomic E-state index is -0.541. The van der Waals surface area contributed by atoms with E-state index in [0.29, 0.717) is 18.8 Å². The number of carbonyl (C=O) groups excluding carboxylic acids is 2. The highest BCUT2D eigenvalue weighted by atomic mass is 32.1. The lowest BCUT2D eigenvalue weighted by atomic mass is 10.1. The summed E-state index contributed by atoms with van der Waals surface area (Å²) in [6.45, 7) is 4.27. The lowest BCUT2D eigenvalue weighted by molar-refractivity contribution is -0.142. The van der Waals surface area contributed by atoms with Gasteiger partial charge in [0.1, 0.15) is 12.6 Å². The molecule has 1 fully saturated rings. The zero-order valence-electron chi connectivity index (χ0n) is 19.1. The number of hydrogen-bond acceptors (Lipinski definition) is 6. The van der Waals surface area contributed by atoms with Gasteiger partial charge in [-0.25, -0.2) is 0 Å². The Morgan fingerprint density at radius 3 is 2.64 bits per heavy atom. The van der Waals surface area contributed by atoms with Crippen LogP contribution in [-0.4, -0.2) is 49.0 Å². The highest BCUT2D eigenvalue weighted by Gasteiger charge is 2.31. The molecule has 0 unspecified atom stereocenters. The average molecular weight is 467 g/mol. The Morgan fingerprint density at radius 2 is 1.97 bits per heavy atom. The number of benzene rings is 1. The van der Waals surface area contributed by atoms with Crippen LogP contribution in [0.5, 0.6) is 0 Å². The first kappa shape index (κ1) is 23.1. The molecule has 9 heteroatoms. The summed E-state index contributed by atoms with van der Waals surface area (Å²) in [4.78, 5) is 30.5. The number of aryl methyl sites for hydroxylation is 1. The first-order valence-corrected chi connectivity index (χ1v) is 12.4. The molecule has 1 aromatic carbocycles. The van der Waals surface area contributed by atoms with Gasteiger partial charge in [0, 0.05) is 16.5 Å². The van der Waals surface area contributed by atoms with E-state index < -0.39 is 6.04 Å².